The van der Waals surface area contributed by atoms with E-state index in [-0.39, 0.29) is 22.8 Å². The summed E-state index contributed by atoms with van der Waals surface area (Å²) in [5.74, 6) is -0.412. The molecule has 1 aliphatic heterocycles. The molecule has 39 heavy (non-hydrogen) atoms. The average Bonchev–Trinajstić information content (AvgIpc) is 3.30. The Bertz CT molecular complexity index is 1280. The molecule has 1 saturated carbocycles. The first-order valence-corrected chi connectivity index (χ1v) is 16.4. The zero-order chi connectivity index (χ0) is 28.3. The fourth-order valence-corrected chi connectivity index (χ4v) is 8.28. The standard InChI is InChI=1S/C29H42N4O4S2/c1-6-32(7-2)29(35)26-24-17-18-33(20(3)4)19-25(24)38-28(26)30-27(34)21-13-15-23(16-14-21)39(36,37)31(5)22-11-9-8-10-12-22/h13-16,20,22H,6-12,17-19H2,1-5H3,(H,30,34). The lowest BCUT2D eigenvalue weighted by molar-refractivity contribution is 0.0772. The van der Waals surface area contributed by atoms with Gasteiger partial charge in [0.2, 0.25) is 10.0 Å². The maximum absolute atomic E-state index is 13.5. The number of amides is 2. The van der Waals surface area contributed by atoms with Gasteiger partial charge in [-0.2, -0.15) is 4.31 Å². The zero-order valence-electron chi connectivity index (χ0n) is 23.8. The highest BCUT2D eigenvalue weighted by molar-refractivity contribution is 7.89. The van der Waals surface area contributed by atoms with Gasteiger partial charge in [0.1, 0.15) is 5.00 Å². The van der Waals surface area contributed by atoms with Gasteiger partial charge in [-0.25, -0.2) is 8.42 Å². The second-order valence-electron chi connectivity index (χ2n) is 10.8. The Kier molecular flexibility index (Phi) is 9.52. The van der Waals surface area contributed by atoms with Crippen LogP contribution in [0.5, 0.6) is 0 Å². The molecule has 2 aromatic rings. The quantitative estimate of drug-likeness (QED) is 0.445. The van der Waals surface area contributed by atoms with Crippen LogP contribution in [0.15, 0.2) is 29.2 Å². The maximum atomic E-state index is 13.5. The zero-order valence-corrected chi connectivity index (χ0v) is 25.5. The van der Waals surface area contributed by atoms with E-state index in [2.05, 4.69) is 24.1 Å². The highest BCUT2D eigenvalue weighted by atomic mass is 32.2. The fourth-order valence-electron chi connectivity index (χ4n) is 5.61. The SMILES string of the molecule is CCN(CC)C(=O)c1c(NC(=O)c2ccc(S(=O)(=O)N(C)C3CCCCC3)cc2)sc2c1CCN(C(C)C)C2. The topological polar surface area (TPSA) is 90.0 Å². The number of carbonyl (C=O) groups is 2. The summed E-state index contributed by atoms with van der Waals surface area (Å²) in [4.78, 5) is 32.3. The van der Waals surface area contributed by atoms with Crippen molar-refractivity contribution in [3.8, 4) is 0 Å². The molecule has 0 spiro atoms. The Hall–Kier alpha value is -2.27. The molecular formula is C29H42N4O4S2. The Morgan fingerprint density at radius 3 is 2.31 bits per heavy atom. The van der Waals surface area contributed by atoms with Crippen LogP contribution >= 0.6 is 11.3 Å². The number of fused-ring (bicyclic) bond motifs is 1. The van der Waals surface area contributed by atoms with Crippen molar-refractivity contribution in [2.75, 3.05) is 32.0 Å². The molecule has 1 aliphatic carbocycles. The second-order valence-corrected chi connectivity index (χ2v) is 13.9. The van der Waals surface area contributed by atoms with Crippen molar-refractivity contribution >= 4 is 38.2 Å². The highest BCUT2D eigenvalue weighted by Gasteiger charge is 2.32. The van der Waals surface area contributed by atoms with Gasteiger partial charge < -0.3 is 10.2 Å². The number of nitrogens with one attached hydrogen (secondary N) is 1. The summed E-state index contributed by atoms with van der Waals surface area (Å²) < 4.78 is 27.9. The number of anilines is 1. The lowest BCUT2D eigenvalue weighted by atomic mass is 9.96. The summed E-state index contributed by atoms with van der Waals surface area (Å²) in [7, 11) is -1.99. The number of hydrogen-bond donors (Lipinski definition) is 1. The van der Waals surface area contributed by atoms with Crippen LogP contribution in [-0.2, 0) is 23.0 Å². The molecule has 0 saturated heterocycles. The third kappa shape index (κ3) is 6.24. The van der Waals surface area contributed by atoms with E-state index in [1.807, 2.05) is 13.8 Å². The molecule has 1 fully saturated rings. The van der Waals surface area contributed by atoms with Crippen molar-refractivity contribution in [1.82, 2.24) is 14.1 Å². The summed E-state index contributed by atoms with van der Waals surface area (Å²) in [6.07, 6.45) is 5.77. The molecular weight excluding hydrogens is 532 g/mol. The molecule has 0 unspecified atom stereocenters. The lowest BCUT2D eigenvalue weighted by Gasteiger charge is -2.30. The summed E-state index contributed by atoms with van der Waals surface area (Å²) in [5.41, 5.74) is 1.99. The Balaban J connectivity index is 1.57. The van der Waals surface area contributed by atoms with Crippen LogP contribution in [0.4, 0.5) is 5.00 Å². The van der Waals surface area contributed by atoms with Crippen molar-refractivity contribution in [3.05, 3.63) is 45.8 Å². The van der Waals surface area contributed by atoms with E-state index in [0.29, 0.717) is 35.3 Å². The van der Waals surface area contributed by atoms with Gasteiger partial charge in [-0.15, -0.1) is 11.3 Å². The van der Waals surface area contributed by atoms with Gasteiger partial charge in [0, 0.05) is 55.8 Å². The number of benzene rings is 1. The average molecular weight is 575 g/mol. The molecule has 2 heterocycles. The van der Waals surface area contributed by atoms with Crippen molar-refractivity contribution in [2.45, 2.75) is 89.7 Å². The molecule has 1 aromatic carbocycles. The molecule has 1 aromatic heterocycles. The first kappa shape index (κ1) is 29.7. The van der Waals surface area contributed by atoms with Crippen molar-refractivity contribution in [2.24, 2.45) is 0 Å². The van der Waals surface area contributed by atoms with Crippen LogP contribution in [0.1, 0.15) is 91.0 Å². The summed E-state index contributed by atoms with van der Waals surface area (Å²) in [6, 6.07) is 6.53. The number of hydrogen-bond acceptors (Lipinski definition) is 6. The van der Waals surface area contributed by atoms with E-state index in [1.54, 1.807) is 24.1 Å². The highest BCUT2D eigenvalue weighted by Crippen LogP contribution is 2.38. The molecule has 0 atom stereocenters. The monoisotopic (exact) mass is 574 g/mol. The van der Waals surface area contributed by atoms with Gasteiger partial charge in [-0.05, 0) is 76.8 Å². The number of thiophene rings is 1. The maximum Gasteiger partial charge on any atom is 0.257 e. The van der Waals surface area contributed by atoms with E-state index < -0.39 is 10.0 Å². The minimum atomic E-state index is -3.64. The third-order valence-electron chi connectivity index (χ3n) is 8.19. The molecule has 0 radical (unpaired) electrons. The van der Waals surface area contributed by atoms with E-state index >= 15 is 0 Å². The van der Waals surface area contributed by atoms with Crippen LogP contribution in [0.3, 0.4) is 0 Å². The minimum absolute atomic E-state index is 0.0185. The summed E-state index contributed by atoms with van der Waals surface area (Å²) >= 11 is 1.48. The van der Waals surface area contributed by atoms with Gasteiger partial charge >= 0.3 is 0 Å². The number of nitrogens with zero attached hydrogens (tertiary/aromatic N) is 3. The Labute approximate surface area is 237 Å². The predicted molar refractivity (Wildman–Crippen MR) is 157 cm³/mol. The third-order valence-corrected chi connectivity index (χ3v) is 11.2. The molecule has 0 bridgehead atoms. The van der Waals surface area contributed by atoms with Crippen LogP contribution in [0, 0.1) is 0 Å². The van der Waals surface area contributed by atoms with E-state index in [9.17, 15) is 18.0 Å². The van der Waals surface area contributed by atoms with Crippen LogP contribution in [-0.4, -0.2) is 73.1 Å². The van der Waals surface area contributed by atoms with Crippen LogP contribution in [0.25, 0.3) is 0 Å². The Morgan fingerprint density at radius 2 is 1.72 bits per heavy atom. The van der Waals surface area contributed by atoms with Gasteiger partial charge in [0.25, 0.3) is 11.8 Å². The first-order valence-electron chi connectivity index (χ1n) is 14.2. The van der Waals surface area contributed by atoms with Crippen LogP contribution < -0.4 is 5.32 Å². The second kappa shape index (κ2) is 12.5. The van der Waals surface area contributed by atoms with Crippen molar-refractivity contribution in [1.29, 1.82) is 0 Å². The minimum Gasteiger partial charge on any atom is -0.339 e. The van der Waals surface area contributed by atoms with Gasteiger partial charge in [-0.1, -0.05) is 19.3 Å². The molecule has 2 aliphatic rings. The smallest absolute Gasteiger partial charge is 0.257 e. The van der Waals surface area contributed by atoms with E-state index in [0.717, 1.165) is 62.1 Å². The number of carbonyl (C=O) groups excluding carboxylic acids is 2. The molecule has 1 N–H and O–H groups in total. The molecule has 10 heteroatoms. The van der Waals surface area contributed by atoms with Gasteiger partial charge in [0.05, 0.1) is 10.5 Å². The first-order chi connectivity index (χ1) is 18.6. The van der Waals surface area contributed by atoms with Crippen LogP contribution in [0.2, 0.25) is 0 Å². The Morgan fingerprint density at radius 1 is 1.08 bits per heavy atom. The summed E-state index contributed by atoms with van der Waals surface area (Å²) in [5, 5.41) is 3.57. The largest absolute Gasteiger partial charge is 0.339 e. The van der Waals surface area contributed by atoms with Gasteiger partial charge in [0.15, 0.2) is 0 Å². The number of rotatable bonds is 9. The van der Waals surface area contributed by atoms with E-state index in [1.165, 1.54) is 27.8 Å². The molecule has 8 nitrogen and oxygen atoms in total. The van der Waals surface area contributed by atoms with Gasteiger partial charge in [-0.3, -0.25) is 14.5 Å². The van der Waals surface area contributed by atoms with Crippen molar-refractivity contribution in [3.63, 3.8) is 0 Å². The normalized spacial score (nSPS) is 16.9. The van der Waals surface area contributed by atoms with Crippen molar-refractivity contribution < 1.29 is 18.0 Å². The predicted octanol–water partition coefficient (Wildman–Crippen LogP) is 5.20. The number of sulfonamides is 1. The molecule has 214 valence electrons. The summed E-state index contributed by atoms with van der Waals surface area (Å²) in [6.45, 7) is 11.1. The fraction of sp³-hybridized carbons (Fsp3) is 0.586. The molecule has 2 amide bonds. The van der Waals surface area contributed by atoms with E-state index in [4.69, 9.17) is 0 Å². The lowest BCUT2D eigenvalue weighted by Crippen LogP contribution is -2.38. The molecule has 4 rings (SSSR count).